The second-order valence-electron chi connectivity index (χ2n) is 5.11. The van der Waals surface area contributed by atoms with Gasteiger partial charge in [0.25, 0.3) is 0 Å². The third-order valence-electron chi connectivity index (χ3n) is 3.43. The van der Waals surface area contributed by atoms with Crippen LogP contribution in [0.5, 0.6) is 5.75 Å². The molecule has 4 heteroatoms. The normalized spacial score (nSPS) is 12.4. The van der Waals surface area contributed by atoms with Crippen molar-refractivity contribution in [3.8, 4) is 5.75 Å². The minimum absolute atomic E-state index is 0.279. The first-order valence-electron chi connectivity index (χ1n) is 7.03. The average molecular weight is 273 g/mol. The zero-order chi connectivity index (χ0) is 14.5. The molecule has 0 radical (unpaired) electrons. The van der Waals surface area contributed by atoms with E-state index in [0.29, 0.717) is 6.61 Å². The summed E-state index contributed by atoms with van der Waals surface area (Å²) in [4.78, 5) is 4.11. The molecule has 1 unspecified atom stereocenters. The molecule has 0 fully saturated rings. The van der Waals surface area contributed by atoms with E-state index < -0.39 is 0 Å². The average Bonchev–Trinajstić information content (AvgIpc) is 2.83. The number of benzene rings is 1. The van der Waals surface area contributed by atoms with E-state index in [4.69, 9.17) is 4.74 Å². The van der Waals surface area contributed by atoms with Crippen molar-refractivity contribution >= 4 is 0 Å². The van der Waals surface area contributed by atoms with Gasteiger partial charge in [0.05, 0.1) is 18.2 Å². The van der Waals surface area contributed by atoms with Crippen LogP contribution in [0.15, 0.2) is 30.7 Å². The molecule has 1 atom stereocenters. The van der Waals surface area contributed by atoms with Crippen molar-refractivity contribution < 1.29 is 4.74 Å². The Kier molecular flexibility index (Phi) is 4.79. The summed E-state index contributed by atoms with van der Waals surface area (Å²) in [5, 5.41) is 3.44. The standard InChI is InChI=1S/C16H23N3O/c1-5-18-13(3)15-8-12(2)6-7-16(15)20-10-14-9-17-11-19(14)4/h6-9,11,13,18H,5,10H2,1-4H3. The summed E-state index contributed by atoms with van der Waals surface area (Å²) in [6, 6.07) is 6.60. The topological polar surface area (TPSA) is 39.1 Å². The van der Waals surface area contributed by atoms with Gasteiger partial charge in [-0.25, -0.2) is 4.98 Å². The van der Waals surface area contributed by atoms with Crippen LogP contribution >= 0.6 is 0 Å². The monoisotopic (exact) mass is 273 g/mol. The third kappa shape index (κ3) is 3.39. The van der Waals surface area contributed by atoms with Gasteiger partial charge in [0.15, 0.2) is 0 Å². The SMILES string of the molecule is CCNC(C)c1cc(C)ccc1OCc1cncn1C. The van der Waals surface area contributed by atoms with Gasteiger partial charge in [-0.2, -0.15) is 0 Å². The first-order valence-corrected chi connectivity index (χ1v) is 7.03. The number of nitrogens with one attached hydrogen (secondary N) is 1. The number of hydrogen-bond donors (Lipinski definition) is 1. The lowest BCUT2D eigenvalue weighted by Crippen LogP contribution is -2.18. The fourth-order valence-corrected chi connectivity index (χ4v) is 2.23. The van der Waals surface area contributed by atoms with Crippen LogP contribution in [0.3, 0.4) is 0 Å². The molecule has 0 aliphatic heterocycles. The van der Waals surface area contributed by atoms with E-state index in [1.165, 1.54) is 11.1 Å². The lowest BCUT2D eigenvalue weighted by Gasteiger charge is -2.18. The molecule has 2 rings (SSSR count). The van der Waals surface area contributed by atoms with E-state index in [9.17, 15) is 0 Å². The molecule has 1 aromatic heterocycles. The smallest absolute Gasteiger partial charge is 0.130 e. The number of aromatic nitrogens is 2. The molecular formula is C16H23N3O. The summed E-state index contributed by atoms with van der Waals surface area (Å²) < 4.78 is 7.96. The maximum absolute atomic E-state index is 5.98. The highest BCUT2D eigenvalue weighted by Gasteiger charge is 2.11. The fraction of sp³-hybridized carbons (Fsp3) is 0.438. The number of aryl methyl sites for hydroxylation is 2. The van der Waals surface area contributed by atoms with Crippen LogP contribution in [0.2, 0.25) is 0 Å². The predicted molar refractivity (Wildman–Crippen MR) is 80.8 cm³/mol. The Morgan fingerprint density at radius 3 is 2.85 bits per heavy atom. The van der Waals surface area contributed by atoms with E-state index in [1.807, 2.05) is 17.8 Å². The molecule has 4 nitrogen and oxygen atoms in total. The largest absolute Gasteiger partial charge is 0.487 e. The first kappa shape index (κ1) is 14.6. The Hall–Kier alpha value is -1.81. The van der Waals surface area contributed by atoms with Crippen molar-refractivity contribution in [3.63, 3.8) is 0 Å². The van der Waals surface area contributed by atoms with Gasteiger partial charge in [-0.3, -0.25) is 0 Å². The Morgan fingerprint density at radius 2 is 2.20 bits per heavy atom. The zero-order valence-corrected chi connectivity index (χ0v) is 12.7. The highest BCUT2D eigenvalue weighted by atomic mass is 16.5. The predicted octanol–water partition coefficient (Wildman–Crippen LogP) is 2.98. The minimum atomic E-state index is 0.279. The number of ether oxygens (including phenoxy) is 1. The maximum Gasteiger partial charge on any atom is 0.130 e. The Labute approximate surface area is 120 Å². The van der Waals surface area contributed by atoms with Crippen molar-refractivity contribution in [2.45, 2.75) is 33.4 Å². The van der Waals surface area contributed by atoms with Gasteiger partial charge < -0.3 is 14.6 Å². The summed E-state index contributed by atoms with van der Waals surface area (Å²) in [6.07, 6.45) is 3.62. The van der Waals surface area contributed by atoms with E-state index in [2.05, 4.69) is 49.3 Å². The first-order chi connectivity index (χ1) is 9.61. The molecule has 0 amide bonds. The second kappa shape index (κ2) is 6.57. The summed E-state index contributed by atoms with van der Waals surface area (Å²) in [5.41, 5.74) is 3.51. The van der Waals surface area contributed by atoms with Crippen LogP contribution in [-0.2, 0) is 13.7 Å². The summed E-state index contributed by atoms with van der Waals surface area (Å²) in [7, 11) is 1.98. The molecule has 108 valence electrons. The van der Waals surface area contributed by atoms with Gasteiger partial charge in [-0.15, -0.1) is 0 Å². The Bertz CT molecular complexity index is 563. The van der Waals surface area contributed by atoms with E-state index in [-0.39, 0.29) is 6.04 Å². The number of rotatable bonds is 6. The lowest BCUT2D eigenvalue weighted by molar-refractivity contribution is 0.291. The minimum Gasteiger partial charge on any atom is -0.487 e. The van der Waals surface area contributed by atoms with Crippen LogP contribution < -0.4 is 10.1 Å². The summed E-state index contributed by atoms with van der Waals surface area (Å²) in [5.74, 6) is 0.935. The molecule has 1 aromatic carbocycles. The number of imidazole rings is 1. The third-order valence-corrected chi connectivity index (χ3v) is 3.43. The van der Waals surface area contributed by atoms with Crippen LogP contribution in [0.1, 0.15) is 36.7 Å². The van der Waals surface area contributed by atoms with Crippen molar-refractivity contribution in [2.75, 3.05) is 6.54 Å². The highest BCUT2D eigenvalue weighted by Crippen LogP contribution is 2.27. The molecule has 0 aliphatic carbocycles. The zero-order valence-electron chi connectivity index (χ0n) is 12.7. The van der Waals surface area contributed by atoms with Gasteiger partial charge in [0.1, 0.15) is 12.4 Å². The van der Waals surface area contributed by atoms with Crippen molar-refractivity contribution in [1.82, 2.24) is 14.9 Å². The summed E-state index contributed by atoms with van der Waals surface area (Å²) >= 11 is 0. The maximum atomic E-state index is 5.98. The molecule has 2 aromatic rings. The van der Waals surface area contributed by atoms with E-state index in [1.54, 1.807) is 6.33 Å². The Balaban J connectivity index is 2.16. The second-order valence-corrected chi connectivity index (χ2v) is 5.11. The molecule has 0 aliphatic rings. The van der Waals surface area contributed by atoms with Crippen LogP contribution in [-0.4, -0.2) is 16.1 Å². The van der Waals surface area contributed by atoms with Crippen molar-refractivity contribution in [1.29, 1.82) is 0 Å². The molecule has 1 heterocycles. The quantitative estimate of drug-likeness (QED) is 0.879. The molecule has 0 saturated heterocycles. The van der Waals surface area contributed by atoms with Gasteiger partial charge in [0, 0.05) is 18.7 Å². The lowest BCUT2D eigenvalue weighted by atomic mass is 10.0. The van der Waals surface area contributed by atoms with Crippen molar-refractivity contribution in [3.05, 3.63) is 47.5 Å². The molecular weight excluding hydrogens is 250 g/mol. The molecule has 20 heavy (non-hydrogen) atoms. The van der Waals surface area contributed by atoms with E-state index >= 15 is 0 Å². The van der Waals surface area contributed by atoms with Gasteiger partial charge in [-0.1, -0.05) is 24.6 Å². The molecule has 0 spiro atoms. The molecule has 0 saturated carbocycles. The van der Waals surface area contributed by atoms with E-state index in [0.717, 1.165) is 18.0 Å². The number of nitrogens with zero attached hydrogens (tertiary/aromatic N) is 2. The number of hydrogen-bond acceptors (Lipinski definition) is 3. The highest BCUT2D eigenvalue weighted by molar-refractivity contribution is 5.39. The van der Waals surface area contributed by atoms with Gasteiger partial charge in [0.2, 0.25) is 0 Å². The Morgan fingerprint density at radius 1 is 1.40 bits per heavy atom. The van der Waals surface area contributed by atoms with Crippen molar-refractivity contribution in [2.24, 2.45) is 7.05 Å². The molecule has 1 N–H and O–H groups in total. The van der Waals surface area contributed by atoms with Gasteiger partial charge >= 0.3 is 0 Å². The summed E-state index contributed by atoms with van der Waals surface area (Å²) in [6.45, 7) is 7.85. The van der Waals surface area contributed by atoms with Crippen LogP contribution in [0, 0.1) is 6.92 Å². The fourth-order valence-electron chi connectivity index (χ4n) is 2.23. The van der Waals surface area contributed by atoms with Gasteiger partial charge in [-0.05, 0) is 26.5 Å². The molecule has 0 bridgehead atoms. The van der Waals surface area contributed by atoms with Crippen LogP contribution in [0.25, 0.3) is 0 Å². The van der Waals surface area contributed by atoms with Crippen LogP contribution in [0.4, 0.5) is 0 Å².